The minimum absolute atomic E-state index is 0.265. The second-order valence-corrected chi connectivity index (χ2v) is 3.83. The van der Waals surface area contributed by atoms with Gasteiger partial charge in [-0.2, -0.15) is 0 Å². The van der Waals surface area contributed by atoms with Crippen LogP contribution < -0.4 is 11.1 Å². The SMILES string of the molecule is Nc1cc(Cl)ccc1C(=O)NCc1ccno1. The Morgan fingerprint density at radius 2 is 2.29 bits per heavy atom. The molecule has 0 atom stereocenters. The summed E-state index contributed by atoms with van der Waals surface area (Å²) in [6.07, 6.45) is 1.51. The van der Waals surface area contributed by atoms with Gasteiger partial charge in [-0.05, 0) is 18.2 Å². The summed E-state index contributed by atoms with van der Waals surface area (Å²) in [5.41, 5.74) is 6.41. The molecule has 88 valence electrons. The fraction of sp³-hybridized carbons (Fsp3) is 0.0909. The molecule has 2 aromatic rings. The zero-order chi connectivity index (χ0) is 12.3. The predicted octanol–water partition coefficient (Wildman–Crippen LogP) is 1.84. The van der Waals surface area contributed by atoms with Crippen molar-refractivity contribution in [1.29, 1.82) is 0 Å². The van der Waals surface area contributed by atoms with E-state index in [2.05, 4.69) is 10.5 Å². The van der Waals surface area contributed by atoms with Gasteiger partial charge in [0.2, 0.25) is 0 Å². The molecule has 17 heavy (non-hydrogen) atoms. The highest BCUT2D eigenvalue weighted by atomic mass is 35.5. The standard InChI is InChI=1S/C11H10ClN3O2/c12-7-1-2-9(10(13)5-7)11(16)14-6-8-3-4-15-17-8/h1-5H,6,13H2,(H,14,16). The van der Waals surface area contributed by atoms with Gasteiger partial charge in [0.25, 0.3) is 5.91 Å². The fourth-order valence-electron chi connectivity index (χ4n) is 1.34. The van der Waals surface area contributed by atoms with Gasteiger partial charge in [-0.1, -0.05) is 16.8 Å². The summed E-state index contributed by atoms with van der Waals surface area (Å²) in [5, 5.41) is 6.69. The number of hydrogen-bond acceptors (Lipinski definition) is 4. The second-order valence-electron chi connectivity index (χ2n) is 3.39. The summed E-state index contributed by atoms with van der Waals surface area (Å²) in [6.45, 7) is 0.265. The fourth-order valence-corrected chi connectivity index (χ4v) is 1.52. The van der Waals surface area contributed by atoms with Gasteiger partial charge in [0.05, 0.1) is 18.3 Å². The molecular weight excluding hydrogens is 242 g/mol. The van der Waals surface area contributed by atoms with Gasteiger partial charge in [0.15, 0.2) is 5.76 Å². The Bertz CT molecular complexity index is 526. The van der Waals surface area contributed by atoms with Crippen LogP contribution in [0, 0.1) is 0 Å². The van der Waals surface area contributed by atoms with Gasteiger partial charge in [-0.15, -0.1) is 0 Å². The van der Waals surface area contributed by atoms with E-state index in [0.717, 1.165) is 0 Å². The Morgan fingerprint density at radius 3 is 2.94 bits per heavy atom. The number of aromatic nitrogens is 1. The highest BCUT2D eigenvalue weighted by molar-refractivity contribution is 6.31. The number of nitrogens with zero attached hydrogens (tertiary/aromatic N) is 1. The van der Waals surface area contributed by atoms with Crippen molar-refractivity contribution in [2.45, 2.75) is 6.54 Å². The number of nitrogens with two attached hydrogens (primary N) is 1. The lowest BCUT2D eigenvalue weighted by Crippen LogP contribution is -2.23. The summed E-state index contributed by atoms with van der Waals surface area (Å²) in [7, 11) is 0. The zero-order valence-electron chi connectivity index (χ0n) is 8.81. The van der Waals surface area contributed by atoms with E-state index < -0.39 is 0 Å². The van der Waals surface area contributed by atoms with Crippen molar-refractivity contribution in [3.63, 3.8) is 0 Å². The van der Waals surface area contributed by atoms with Crippen LogP contribution >= 0.6 is 11.6 Å². The van der Waals surface area contributed by atoms with Gasteiger partial charge < -0.3 is 15.6 Å². The highest BCUT2D eigenvalue weighted by Crippen LogP contribution is 2.17. The van der Waals surface area contributed by atoms with E-state index in [4.69, 9.17) is 21.9 Å². The minimum Gasteiger partial charge on any atom is -0.398 e. The Hall–Kier alpha value is -2.01. The van der Waals surface area contributed by atoms with E-state index in [1.165, 1.54) is 12.3 Å². The monoisotopic (exact) mass is 251 g/mol. The van der Waals surface area contributed by atoms with E-state index in [1.807, 2.05) is 0 Å². The van der Waals surface area contributed by atoms with E-state index in [1.54, 1.807) is 18.2 Å². The molecule has 0 spiro atoms. The lowest BCUT2D eigenvalue weighted by molar-refractivity contribution is 0.0948. The number of amides is 1. The van der Waals surface area contributed by atoms with Crippen molar-refractivity contribution < 1.29 is 9.32 Å². The first kappa shape index (κ1) is 11.5. The van der Waals surface area contributed by atoms with Crippen molar-refractivity contribution in [2.24, 2.45) is 0 Å². The van der Waals surface area contributed by atoms with Crippen LogP contribution in [0.15, 0.2) is 35.0 Å². The van der Waals surface area contributed by atoms with Crippen molar-refractivity contribution in [1.82, 2.24) is 10.5 Å². The summed E-state index contributed by atoms with van der Waals surface area (Å²) in [4.78, 5) is 11.8. The van der Waals surface area contributed by atoms with Gasteiger partial charge in [0, 0.05) is 16.8 Å². The van der Waals surface area contributed by atoms with Gasteiger partial charge >= 0.3 is 0 Å². The number of benzene rings is 1. The van der Waals surface area contributed by atoms with Gasteiger partial charge in [-0.3, -0.25) is 4.79 Å². The maximum atomic E-state index is 11.8. The molecule has 0 bridgehead atoms. The first-order valence-electron chi connectivity index (χ1n) is 4.89. The molecule has 0 unspecified atom stereocenters. The van der Waals surface area contributed by atoms with Crippen LogP contribution in [0.5, 0.6) is 0 Å². The predicted molar refractivity (Wildman–Crippen MR) is 63.5 cm³/mol. The molecule has 0 radical (unpaired) electrons. The number of hydrogen-bond donors (Lipinski definition) is 2. The van der Waals surface area contributed by atoms with Crippen LogP contribution in [-0.4, -0.2) is 11.1 Å². The quantitative estimate of drug-likeness (QED) is 0.816. The van der Waals surface area contributed by atoms with Crippen LogP contribution in [0.3, 0.4) is 0 Å². The van der Waals surface area contributed by atoms with Crippen LogP contribution in [0.25, 0.3) is 0 Å². The lowest BCUT2D eigenvalue weighted by Gasteiger charge is -2.06. The van der Waals surface area contributed by atoms with Crippen molar-refractivity contribution in [3.8, 4) is 0 Å². The number of carbonyl (C=O) groups is 1. The van der Waals surface area contributed by atoms with Crippen LogP contribution in [0.1, 0.15) is 16.1 Å². The number of carbonyl (C=O) groups excluding carboxylic acids is 1. The van der Waals surface area contributed by atoms with E-state index in [0.29, 0.717) is 22.0 Å². The zero-order valence-corrected chi connectivity index (χ0v) is 9.57. The molecule has 5 nitrogen and oxygen atoms in total. The van der Waals surface area contributed by atoms with Crippen LogP contribution in [-0.2, 0) is 6.54 Å². The van der Waals surface area contributed by atoms with Gasteiger partial charge in [0.1, 0.15) is 0 Å². The van der Waals surface area contributed by atoms with Crippen molar-refractivity contribution in [2.75, 3.05) is 5.73 Å². The first-order chi connectivity index (χ1) is 8.16. The maximum absolute atomic E-state index is 11.8. The first-order valence-corrected chi connectivity index (χ1v) is 5.27. The molecule has 0 fully saturated rings. The molecule has 0 saturated carbocycles. The molecule has 0 saturated heterocycles. The largest absolute Gasteiger partial charge is 0.398 e. The molecule has 0 aliphatic heterocycles. The molecule has 1 amide bonds. The number of rotatable bonds is 3. The summed E-state index contributed by atoms with van der Waals surface area (Å²) < 4.78 is 4.85. The third-order valence-corrected chi connectivity index (χ3v) is 2.41. The van der Waals surface area contributed by atoms with E-state index in [9.17, 15) is 4.79 Å². The maximum Gasteiger partial charge on any atom is 0.253 e. The summed E-state index contributed by atoms with van der Waals surface area (Å²) in [6, 6.07) is 6.39. The van der Waals surface area contributed by atoms with E-state index in [-0.39, 0.29) is 12.5 Å². The third kappa shape index (κ3) is 2.76. The number of nitrogens with one attached hydrogen (secondary N) is 1. The van der Waals surface area contributed by atoms with Crippen LogP contribution in [0.4, 0.5) is 5.69 Å². The Balaban J connectivity index is 2.04. The molecule has 1 heterocycles. The average molecular weight is 252 g/mol. The highest BCUT2D eigenvalue weighted by Gasteiger charge is 2.10. The normalized spacial score (nSPS) is 10.2. The molecule has 2 rings (SSSR count). The smallest absolute Gasteiger partial charge is 0.253 e. The minimum atomic E-state index is -0.282. The molecule has 6 heteroatoms. The van der Waals surface area contributed by atoms with Crippen LogP contribution in [0.2, 0.25) is 5.02 Å². The van der Waals surface area contributed by atoms with E-state index >= 15 is 0 Å². The number of anilines is 1. The molecule has 1 aromatic heterocycles. The molecular formula is C11H10ClN3O2. The lowest BCUT2D eigenvalue weighted by atomic mass is 10.1. The molecule has 1 aromatic carbocycles. The topological polar surface area (TPSA) is 81.2 Å². The van der Waals surface area contributed by atoms with Crippen molar-refractivity contribution >= 4 is 23.2 Å². The molecule has 3 N–H and O–H groups in total. The molecule has 0 aliphatic rings. The Kier molecular flexibility index (Phi) is 3.30. The van der Waals surface area contributed by atoms with Gasteiger partial charge in [-0.25, -0.2) is 0 Å². The summed E-state index contributed by atoms with van der Waals surface area (Å²) in [5.74, 6) is 0.293. The van der Waals surface area contributed by atoms with Crippen molar-refractivity contribution in [3.05, 3.63) is 46.8 Å². The Morgan fingerprint density at radius 1 is 1.47 bits per heavy atom. The second kappa shape index (κ2) is 4.88. The Labute approximate surface area is 103 Å². The number of halogens is 1. The average Bonchev–Trinajstić information content (AvgIpc) is 2.78. The third-order valence-electron chi connectivity index (χ3n) is 2.17. The molecule has 0 aliphatic carbocycles. The number of nitrogen functional groups attached to an aromatic ring is 1. The summed E-state index contributed by atoms with van der Waals surface area (Å²) >= 11 is 5.74.